The summed E-state index contributed by atoms with van der Waals surface area (Å²) in [6, 6.07) is 3.92. The molecule has 3 heteroatoms. The molecule has 0 aromatic carbocycles. The molecule has 0 fully saturated rings. The van der Waals surface area contributed by atoms with Gasteiger partial charge in [-0.1, -0.05) is 20.8 Å². The van der Waals surface area contributed by atoms with Crippen molar-refractivity contribution in [3.8, 4) is 0 Å². The summed E-state index contributed by atoms with van der Waals surface area (Å²) in [7, 11) is 2.02. The summed E-state index contributed by atoms with van der Waals surface area (Å²) in [6.45, 7) is 6.48. The maximum atomic E-state index is 4.58. The Morgan fingerprint density at radius 3 is 2.57 bits per heavy atom. The fraction of sp³-hybridized carbons (Fsp3) is 0.455. The van der Waals surface area contributed by atoms with Gasteiger partial charge in [0.25, 0.3) is 0 Å². The largest absolute Gasteiger partial charge is 0.315 e. The molecule has 0 radical (unpaired) electrons. The van der Waals surface area contributed by atoms with E-state index in [2.05, 4.69) is 35.3 Å². The zero-order valence-corrected chi connectivity index (χ0v) is 9.07. The van der Waals surface area contributed by atoms with Crippen LogP contribution in [0, 0.1) is 0 Å². The average molecular weight is 189 g/mol. The van der Waals surface area contributed by atoms with E-state index in [9.17, 15) is 0 Å². The third-order valence-corrected chi connectivity index (χ3v) is 2.30. The molecule has 2 rings (SSSR count). The van der Waals surface area contributed by atoms with Gasteiger partial charge in [0, 0.05) is 18.7 Å². The molecule has 0 unspecified atom stereocenters. The normalized spacial score (nSPS) is 12.3. The van der Waals surface area contributed by atoms with E-state index in [4.69, 9.17) is 0 Å². The third kappa shape index (κ3) is 1.29. The quantitative estimate of drug-likeness (QED) is 0.636. The standard InChI is InChI=1S/C11H15N3/c1-11(2,3)10-13-8-6-5-7-12-9(8)14(10)4/h5-7H,1-4H3. The minimum absolute atomic E-state index is 0.0649. The van der Waals surface area contributed by atoms with Gasteiger partial charge in [-0.05, 0) is 12.1 Å². The summed E-state index contributed by atoms with van der Waals surface area (Å²) in [5.74, 6) is 1.08. The Hall–Kier alpha value is -1.38. The van der Waals surface area contributed by atoms with Crippen LogP contribution >= 0.6 is 0 Å². The highest BCUT2D eigenvalue weighted by molar-refractivity contribution is 5.71. The second-order valence-electron chi connectivity index (χ2n) is 4.59. The molecule has 0 saturated heterocycles. The molecular weight excluding hydrogens is 174 g/mol. The number of aromatic nitrogens is 3. The first-order chi connectivity index (χ1) is 6.50. The Morgan fingerprint density at radius 1 is 1.29 bits per heavy atom. The van der Waals surface area contributed by atoms with Gasteiger partial charge in [-0.2, -0.15) is 0 Å². The van der Waals surface area contributed by atoms with Gasteiger partial charge in [-0.25, -0.2) is 9.97 Å². The Kier molecular flexibility index (Phi) is 1.84. The number of rotatable bonds is 0. The van der Waals surface area contributed by atoms with Crippen LogP contribution in [0.15, 0.2) is 18.3 Å². The molecule has 2 aromatic heterocycles. The minimum Gasteiger partial charge on any atom is -0.315 e. The predicted molar refractivity (Wildman–Crippen MR) is 57.2 cm³/mol. The fourth-order valence-electron chi connectivity index (χ4n) is 1.69. The van der Waals surface area contributed by atoms with Gasteiger partial charge in [-0.3, -0.25) is 0 Å². The molecular formula is C11H15N3. The first-order valence-electron chi connectivity index (χ1n) is 4.78. The number of pyridine rings is 1. The molecule has 0 saturated carbocycles. The molecule has 74 valence electrons. The van der Waals surface area contributed by atoms with Crippen LogP contribution in [0.5, 0.6) is 0 Å². The van der Waals surface area contributed by atoms with Crippen LogP contribution in [0.25, 0.3) is 11.2 Å². The number of hydrogen-bond donors (Lipinski definition) is 0. The highest BCUT2D eigenvalue weighted by Crippen LogP contribution is 2.23. The Balaban J connectivity index is 2.75. The molecule has 0 amide bonds. The minimum atomic E-state index is 0.0649. The summed E-state index contributed by atoms with van der Waals surface area (Å²) < 4.78 is 2.06. The summed E-state index contributed by atoms with van der Waals surface area (Å²) >= 11 is 0. The van der Waals surface area contributed by atoms with E-state index in [1.165, 1.54) is 0 Å². The summed E-state index contributed by atoms with van der Waals surface area (Å²) in [5, 5.41) is 0. The van der Waals surface area contributed by atoms with Gasteiger partial charge in [0.05, 0.1) is 0 Å². The first-order valence-corrected chi connectivity index (χ1v) is 4.78. The second kappa shape index (κ2) is 2.80. The van der Waals surface area contributed by atoms with E-state index in [1.807, 2.05) is 19.2 Å². The fourth-order valence-corrected chi connectivity index (χ4v) is 1.69. The lowest BCUT2D eigenvalue weighted by molar-refractivity contribution is 0.526. The van der Waals surface area contributed by atoms with E-state index >= 15 is 0 Å². The third-order valence-electron chi connectivity index (χ3n) is 2.30. The molecule has 0 aliphatic rings. The van der Waals surface area contributed by atoms with Crippen molar-refractivity contribution in [2.75, 3.05) is 0 Å². The Morgan fingerprint density at radius 2 is 2.00 bits per heavy atom. The zero-order chi connectivity index (χ0) is 10.3. The molecule has 3 nitrogen and oxygen atoms in total. The monoisotopic (exact) mass is 189 g/mol. The lowest BCUT2D eigenvalue weighted by Gasteiger charge is -2.17. The molecule has 0 aliphatic heterocycles. The maximum Gasteiger partial charge on any atom is 0.159 e. The lowest BCUT2D eigenvalue weighted by Crippen LogP contribution is -2.17. The summed E-state index contributed by atoms with van der Waals surface area (Å²) in [6.07, 6.45) is 1.80. The first kappa shape index (κ1) is 9.19. The maximum absolute atomic E-state index is 4.58. The van der Waals surface area contributed by atoms with Gasteiger partial charge >= 0.3 is 0 Å². The Bertz CT molecular complexity index is 463. The molecule has 2 heterocycles. The number of hydrogen-bond acceptors (Lipinski definition) is 2. The molecule has 2 aromatic rings. The molecule has 0 bridgehead atoms. The molecule has 0 N–H and O–H groups in total. The zero-order valence-electron chi connectivity index (χ0n) is 9.07. The van der Waals surface area contributed by atoms with Crippen molar-refractivity contribution in [1.29, 1.82) is 0 Å². The number of fused-ring (bicyclic) bond motifs is 1. The van der Waals surface area contributed by atoms with Crippen molar-refractivity contribution in [2.24, 2.45) is 7.05 Å². The van der Waals surface area contributed by atoms with Crippen molar-refractivity contribution >= 4 is 11.2 Å². The van der Waals surface area contributed by atoms with E-state index in [0.717, 1.165) is 17.0 Å². The predicted octanol–water partition coefficient (Wildman–Crippen LogP) is 2.27. The van der Waals surface area contributed by atoms with Crippen LogP contribution in [0.4, 0.5) is 0 Å². The summed E-state index contributed by atoms with van der Waals surface area (Å²) in [5.41, 5.74) is 1.99. The van der Waals surface area contributed by atoms with E-state index in [1.54, 1.807) is 6.20 Å². The lowest BCUT2D eigenvalue weighted by atomic mass is 9.96. The van der Waals surface area contributed by atoms with Crippen LogP contribution in [0.2, 0.25) is 0 Å². The van der Waals surface area contributed by atoms with Gasteiger partial charge in [0.15, 0.2) is 5.65 Å². The van der Waals surface area contributed by atoms with Crippen LogP contribution in [-0.4, -0.2) is 14.5 Å². The van der Waals surface area contributed by atoms with Crippen molar-refractivity contribution in [2.45, 2.75) is 26.2 Å². The number of nitrogens with zero attached hydrogens (tertiary/aromatic N) is 3. The number of imidazole rings is 1. The Labute approximate surface area is 83.8 Å². The van der Waals surface area contributed by atoms with Crippen LogP contribution < -0.4 is 0 Å². The van der Waals surface area contributed by atoms with Crippen molar-refractivity contribution in [1.82, 2.24) is 14.5 Å². The van der Waals surface area contributed by atoms with Crippen LogP contribution in [0.3, 0.4) is 0 Å². The molecule has 14 heavy (non-hydrogen) atoms. The van der Waals surface area contributed by atoms with Crippen LogP contribution in [-0.2, 0) is 12.5 Å². The van der Waals surface area contributed by atoms with Gasteiger partial charge < -0.3 is 4.57 Å². The average Bonchev–Trinajstić information content (AvgIpc) is 2.44. The molecule has 0 spiro atoms. The van der Waals surface area contributed by atoms with Crippen molar-refractivity contribution in [3.63, 3.8) is 0 Å². The van der Waals surface area contributed by atoms with Crippen molar-refractivity contribution < 1.29 is 0 Å². The van der Waals surface area contributed by atoms with Crippen molar-refractivity contribution in [3.05, 3.63) is 24.2 Å². The summed E-state index contributed by atoms with van der Waals surface area (Å²) in [4.78, 5) is 8.90. The van der Waals surface area contributed by atoms with E-state index in [0.29, 0.717) is 0 Å². The highest BCUT2D eigenvalue weighted by atomic mass is 15.1. The number of aryl methyl sites for hydroxylation is 1. The molecule has 0 atom stereocenters. The van der Waals surface area contributed by atoms with Crippen LogP contribution in [0.1, 0.15) is 26.6 Å². The highest BCUT2D eigenvalue weighted by Gasteiger charge is 2.21. The van der Waals surface area contributed by atoms with Gasteiger partial charge in [-0.15, -0.1) is 0 Å². The smallest absolute Gasteiger partial charge is 0.159 e. The molecule has 0 aliphatic carbocycles. The topological polar surface area (TPSA) is 30.7 Å². The van der Waals surface area contributed by atoms with E-state index < -0.39 is 0 Å². The van der Waals surface area contributed by atoms with Gasteiger partial charge in [0.2, 0.25) is 0 Å². The van der Waals surface area contributed by atoms with Gasteiger partial charge in [0.1, 0.15) is 11.3 Å². The second-order valence-corrected chi connectivity index (χ2v) is 4.59. The van der Waals surface area contributed by atoms with E-state index in [-0.39, 0.29) is 5.41 Å². The SMILES string of the molecule is Cn1c(C(C)(C)C)nc2cccnc21.